The highest BCUT2D eigenvalue weighted by Crippen LogP contribution is 2.24. The van der Waals surface area contributed by atoms with E-state index in [1.807, 2.05) is 31.2 Å². The maximum atomic E-state index is 13.9. The van der Waals surface area contributed by atoms with Crippen LogP contribution >= 0.6 is 0 Å². The highest BCUT2D eigenvalue weighted by atomic mass is 19.1. The summed E-state index contributed by atoms with van der Waals surface area (Å²) in [6, 6.07) is 7.51. The second-order valence-corrected chi connectivity index (χ2v) is 3.50. The Labute approximate surface area is 93.2 Å². The summed E-state index contributed by atoms with van der Waals surface area (Å²) in [5, 5.41) is 0. The fourth-order valence-corrected chi connectivity index (χ4v) is 1.57. The summed E-state index contributed by atoms with van der Waals surface area (Å²) in [6.07, 6.45) is 1.34. The molecule has 0 radical (unpaired) electrons. The molecule has 0 amide bonds. The minimum atomic E-state index is -0.431. The Balaban J connectivity index is 2.61. The Morgan fingerprint density at radius 3 is 2.69 bits per heavy atom. The van der Waals surface area contributed by atoms with Crippen molar-refractivity contribution in [1.82, 2.24) is 9.97 Å². The molecule has 2 rings (SSSR count). The Bertz CT molecular complexity index is 511. The van der Waals surface area contributed by atoms with Crippen molar-refractivity contribution in [3.8, 4) is 11.3 Å². The lowest BCUT2D eigenvalue weighted by Crippen LogP contribution is -2.06. The second-order valence-electron chi connectivity index (χ2n) is 3.50. The van der Waals surface area contributed by atoms with Gasteiger partial charge in [0.05, 0.1) is 5.69 Å². The second kappa shape index (κ2) is 4.37. The van der Waals surface area contributed by atoms with Crippen LogP contribution in [0, 0.1) is 12.7 Å². The standard InChI is InChI=1S/C12H12FN3/c1-8-4-2-3-5-9(8)12-11(13)10(6-14)15-7-16-12/h2-5,7H,6,14H2,1H3. The van der Waals surface area contributed by atoms with E-state index in [-0.39, 0.29) is 12.2 Å². The Kier molecular flexibility index (Phi) is 2.92. The number of nitrogens with two attached hydrogens (primary N) is 1. The van der Waals surface area contributed by atoms with E-state index in [1.54, 1.807) is 0 Å². The van der Waals surface area contributed by atoms with E-state index in [0.29, 0.717) is 5.69 Å². The molecule has 1 aromatic heterocycles. The van der Waals surface area contributed by atoms with Crippen molar-refractivity contribution in [2.75, 3.05) is 0 Å². The molecule has 0 atom stereocenters. The SMILES string of the molecule is Cc1ccccc1-c1ncnc(CN)c1F. The van der Waals surface area contributed by atoms with Gasteiger partial charge < -0.3 is 5.73 Å². The first-order valence-corrected chi connectivity index (χ1v) is 4.99. The van der Waals surface area contributed by atoms with Gasteiger partial charge in [-0.1, -0.05) is 24.3 Å². The van der Waals surface area contributed by atoms with Crippen molar-refractivity contribution < 1.29 is 4.39 Å². The molecule has 82 valence electrons. The van der Waals surface area contributed by atoms with Gasteiger partial charge in [0.25, 0.3) is 0 Å². The molecule has 0 aliphatic rings. The molecule has 16 heavy (non-hydrogen) atoms. The van der Waals surface area contributed by atoms with Crippen LogP contribution in [-0.4, -0.2) is 9.97 Å². The van der Waals surface area contributed by atoms with Crippen LogP contribution in [0.2, 0.25) is 0 Å². The minimum absolute atomic E-state index is 0.0766. The van der Waals surface area contributed by atoms with Gasteiger partial charge in [0, 0.05) is 12.1 Å². The number of rotatable bonds is 2. The highest BCUT2D eigenvalue weighted by molar-refractivity contribution is 5.63. The lowest BCUT2D eigenvalue weighted by molar-refractivity contribution is 0.596. The molecule has 0 fully saturated rings. The smallest absolute Gasteiger partial charge is 0.172 e. The molecule has 0 saturated heterocycles. The number of hydrogen-bond donors (Lipinski definition) is 1. The van der Waals surface area contributed by atoms with Crippen LogP contribution in [0.15, 0.2) is 30.6 Å². The zero-order valence-electron chi connectivity index (χ0n) is 8.94. The largest absolute Gasteiger partial charge is 0.325 e. The van der Waals surface area contributed by atoms with Gasteiger partial charge in [-0.25, -0.2) is 14.4 Å². The molecule has 0 aliphatic carbocycles. The van der Waals surface area contributed by atoms with Gasteiger partial charge in [0.1, 0.15) is 12.0 Å². The number of nitrogens with zero attached hydrogens (tertiary/aromatic N) is 2. The van der Waals surface area contributed by atoms with Crippen molar-refractivity contribution in [2.45, 2.75) is 13.5 Å². The number of hydrogen-bond acceptors (Lipinski definition) is 3. The van der Waals surface area contributed by atoms with Crippen molar-refractivity contribution in [3.63, 3.8) is 0 Å². The van der Waals surface area contributed by atoms with Crippen molar-refractivity contribution in [1.29, 1.82) is 0 Å². The molecular formula is C12H12FN3. The summed E-state index contributed by atoms with van der Waals surface area (Å²) >= 11 is 0. The average Bonchev–Trinajstić information content (AvgIpc) is 2.31. The first kappa shape index (κ1) is 10.7. The van der Waals surface area contributed by atoms with E-state index in [4.69, 9.17) is 5.73 Å². The Hall–Kier alpha value is -1.81. The predicted molar refractivity (Wildman–Crippen MR) is 60.1 cm³/mol. The molecule has 0 aliphatic heterocycles. The van der Waals surface area contributed by atoms with Crippen molar-refractivity contribution >= 4 is 0 Å². The van der Waals surface area contributed by atoms with Crippen LogP contribution in [0.5, 0.6) is 0 Å². The molecule has 2 N–H and O–H groups in total. The van der Waals surface area contributed by atoms with E-state index in [2.05, 4.69) is 9.97 Å². The van der Waals surface area contributed by atoms with Crippen LogP contribution in [0.4, 0.5) is 4.39 Å². The number of aryl methyl sites for hydroxylation is 1. The lowest BCUT2D eigenvalue weighted by Gasteiger charge is -2.07. The van der Waals surface area contributed by atoms with Crippen LogP contribution < -0.4 is 5.73 Å². The van der Waals surface area contributed by atoms with E-state index >= 15 is 0 Å². The summed E-state index contributed by atoms with van der Waals surface area (Å²) in [5.41, 5.74) is 7.71. The predicted octanol–water partition coefficient (Wildman–Crippen LogP) is 2.05. The molecule has 3 nitrogen and oxygen atoms in total. The van der Waals surface area contributed by atoms with Gasteiger partial charge in [0.2, 0.25) is 0 Å². The van der Waals surface area contributed by atoms with Gasteiger partial charge >= 0.3 is 0 Å². The molecular weight excluding hydrogens is 205 g/mol. The molecule has 2 aromatic rings. The topological polar surface area (TPSA) is 51.8 Å². The average molecular weight is 217 g/mol. The lowest BCUT2D eigenvalue weighted by atomic mass is 10.0. The fraction of sp³-hybridized carbons (Fsp3) is 0.167. The van der Waals surface area contributed by atoms with E-state index in [1.165, 1.54) is 6.33 Å². The number of aromatic nitrogens is 2. The number of benzene rings is 1. The number of halogens is 1. The van der Waals surface area contributed by atoms with Gasteiger partial charge in [-0.15, -0.1) is 0 Å². The Morgan fingerprint density at radius 2 is 2.00 bits per heavy atom. The van der Waals surface area contributed by atoms with Crippen molar-refractivity contribution in [3.05, 3.63) is 47.7 Å². The van der Waals surface area contributed by atoms with Crippen molar-refractivity contribution in [2.24, 2.45) is 5.73 Å². The first-order valence-electron chi connectivity index (χ1n) is 4.99. The monoisotopic (exact) mass is 217 g/mol. The fourth-order valence-electron chi connectivity index (χ4n) is 1.57. The first-order chi connectivity index (χ1) is 7.74. The van der Waals surface area contributed by atoms with Gasteiger partial charge in [0.15, 0.2) is 5.82 Å². The summed E-state index contributed by atoms with van der Waals surface area (Å²) < 4.78 is 13.9. The van der Waals surface area contributed by atoms with E-state index < -0.39 is 5.82 Å². The molecule has 1 heterocycles. The molecule has 4 heteroatoms. The molecule has 1 aromatic carbocycles. The molecule has 0 saturated carbocycles. The third-order valence-electron chi connectivity index (χ3n) is 2.46. The molecule has 0 unspecified atom stereocenters. The third-order valence-corrected chi connectivity index (χ3v) is 2.46. The summed E-state index contributed by atoms with van der Waals surface area (Å²) in [4.78, 5) is 7.78. The van der Waals surface area contributed by atoms with E-state index in [0.717, 1.165) is 11.1 Å². The van der Waals surface area contributed by atoms with E-state index in [9.17, 15) is 4.39 Å². The minimum Gasteiger partial charge on any atom is -0.325 e. The van der Waals surface area contributed by atoms with Gasteiger partial charge in [-0.2, -0.15) is 0 Å². The third kappa shape index (κ3) is 1.79. The normalized spacial score (nSPS) is 10.4. The van der Waals surface area contributed by atoms with Gasteiger partial charge in [-0.05, 0) is 12.5 Å². The van der Waals surface area contributed by atoms with Crippen LogP contribution in [0.25, 0.3) is 11.3 Å². The maximum absolute atomic E-state index is 13.9. The van der Waals surface area contributed by atoms with Crippen LogP contribution in [0.3, 0.4) is 0 Å². The maximum Gasteiger partial charge on any atom is 0.172 e. The quantitative estimate of drug-likeness (QED) is 0.837. The Morgan fingerprint density at radius 1 is 1.25 bits per heavy atom. The molecule has 0 spiro atoms. The highest BCUT2D eigenvalue weighted by Gasteiger charge is 2.12. The summed E-state index contributed by atoms with van der Waals surface area (Å²) in [7, 11) is 0. The van der Waals surface area contributed by atoms with Crippen LogP contribution in [0.1, 0.15) is 11.3 Å². The zero-order valence-corrected chi connectivity index (χ0v) is 8.94. The summed E-state index contributed by atoms with van der Waals surface area (Å²) in [5.74, 6) is -0.431. The molecule has 0 bridgehead atoms. The van der Waals surface area contributed by atoms with Crippen LogP contribution in [-0.2, 0) is 6.54 Å². The summed E-state index contributed by atoms with van der Waals surface area (Å²) in [6.45, 7) is 1.99. The van der Waals surface area contributed by atoms with Gasteiger partial charge in [-0.3, -0.25) is 0 Å². The zero-order chi connectivity index (χ0) is 11.5.